The number of nitro groups is 1. The van der Waals surface area contributed by atoms with Crippen LogP contribution in [-0.4, -0.2) is 22.9 Å². The molecule has 0 aliphatic carbocycles. The first-order valence-electron chi connectivity index (χ1n) is 7.55. The van der Waals surface area contributed by atoms with Crippen molar-refractivity contribution in [3.05, 3.63) is 75.3 Å². The van der Waals surface area contributed by atoms with E-state index < -0.39 is 22.9 Å². The average Bonchev–Trinajstić information content (AvgIpc) is 2.60. The van der Waals surface area contributed by atoms with Crippen LogP contribution < -0.4 is 5.32 Å². The van der Waals surface area contributed by atoms with Crippen LogP contribution in [0.2, 0.25) is 5.02 Å². The second kappa shape index (κ2) is 8.77. The Bertz CT molecular complexity index is 866. The first-order chi connectivity index (χ1) is 12.3. The number of halogens is 1. The predicted octanol–water partition coefficient (Wildman–Crippen LogP) is 3.83. The van der Waals surface area contributed by atoms with Crippen molar-refractivity contribution < 1.29 is 19.2 Å². The van der Waals surface area contributed by atoms with Gasteiger partial charge in [-0.25, -0.2) is 4.79 Å². The lowest BCUT2D eigenvalue weighted by Crippen LogP contribution is -2.29. The number of nitrogens with zero attached hydrogens (tertiary/aromatic N) is 1. The van der Waals surface area contributed by atoms with E-state index in [4.69, 9.17) is 16.3 Å². The van der Waals surface area contributed by atoms with Crippen molar-refractivity contribution in [2.45, 2.75) is 13.0 Å². The van der Waals surface area contributed by atoms with E-state index in [1.165, 1.54) is 31.2 Å². The second-order valence-corrected chi connectivity index (χ2v) is 5.70. The lowest BCUT2D eigenvalue weighted by atomic mass is 10.2. The molecule has 2 aromatic carbocycles. The molecule has 0 fully saturated rings. The molecule has 2 aromatic rings. The summed E-state index contributed by atoms with van der Waals surface area (Å²) in [4.78, 5) is 34.0. The number of carbonyl (C=O) groups is 2. The second-order valence-electron chi connectivity index (χ2n) is 5.26. The largest absolute Gasteiger partial charge is 0.449 e. The minimum atomic E-state index is -1.03. The van der Waals surface area contributed by atoms with Crippen molar-refractivity contribution in [1.82, 2.24) is 0 Å². The molecule has 1 unspecified atom stereocenters. The number of non-ortho nitro benzene ring substituents is 1. The summed E-state index contributed by atoms with van der Waals surface area (Å²) in [5.41, 5.74) is 0.861. The van der Waals surface area contributed by atoms with Gasteiger partial charge in [-0.3, -0.25) is 14.9 Å². The first kappa shape index (κ1) is 19.1. The number of rotatable bonds is 6. The highest BCUT2D eigenvalue weighted by atomic mass is 35.5. The van der Waals surface area contributed by atoms with Crippen molar-refractivity contribution in [2.75, 3.05) is 5.32 Å². The highest BCUT2D eigenvalue weighted by Crippen LogP contribution is 2.16. The van der Waals surface area contributed by atoms with Crippen LogP contribution in [0, 0.1) is 10.1 Å². The summed E-state index contributed by atoms with van der Waals surface area (Å²) in [6.07, 6.45) is 1.44. The van der Waals surface area contributed by atoms with Crippen LogP contribution >= 0.6 is 11.6 Å². The molecule has 0 aliphatic heterocycles. The minimum absolute atomic E-state index is 0.0882. The molecule has 26 heavy (non-hydrogen) atoms. The molecule has 134 valence electrons. The smallest absolute Gasteiger partial charge is 0.331 e. The van der Waals surface area contributed by atoms with Gasteiger partial charge in [0.25, 0.3) is 11.6 Å². The summed E-state index contributed by atoms with van der Waals surface area (Å²) in [5, 5.41) is 13.8. The fraction of sp³-hybridized carbons (Fsp3) is 0.111. The number of hydrogen-bond donors (Lipinski definition) is 1. The third-order valence-electron chi connectivity index (χ3n) is 3.25. The molecular formula is C18H15ClN2O5. The number of anilines is 1. The minimum Gasteiger partial charge on any atom is -0.449 e. The lowest BCUT2D eigenvalue weighted by Gasteiger charge is -2.12. The van der Waals surface area contributed by atoms with Crippen molar-refractivity contribution in [1.29, 1.82) is 0 Å². The molecule has 1 amide bonds. The van der Waals surface area contributed by atoms with Gasteiger partial charge in [0.15, 0.2) is 6.10 Å². The van der Waals surface area contributed by atoms with Gasteiger partial charge in [-0.05, 0) is 36.8 Å². The Labute approximate surface area is 154 Å². The Kier molecular flexibility index (Phi) is 6.46. The van der Waals surface area contributed by atoms with Crippen LogP contribution in [0.4, 0.5) is 11.4 Å². The summed E-state index contributed by atoms with van der Waals surface area (Å²) in [6, 6.07) is 12.3. The van der Waals surface area contributed by atoms with E-state index in [1.54, 1.807) is 30.3 Å². The van der Waals surface area contributed by atoms with Gasteiger partial charge in [0.05, 0.1) is 4.92 Å². The monoisotopic (exact) mass is 374 g/mol. The van der Waals surface area contributed by atoms with Gasteiger partial charge in [0, 0.05) is 28.9 Å². The maximum Gasteiger partial charge on any atom is 0.331 e. The van der Waals surface area contributed by atoms with Gasteiger partial charge in [-0.2, -0.15) is 0 Å². The van der Waals surface area contributed by atoms with Gasteiger partial charge in [-0.1, -0.05) is 29.8 Å². The standard InChI is InChI=1S/C18H15ClN2O5/c1-12(18(23)20-15-6-3-5-14(19)11-15)26-17(22)9-8-13-4-2-7-16(10-13)21(24)25/h2-12H,1H3,(H,20,23)/b9-8+. The molecule has 0 aliphatic rings. The molecule has 1 N–H and O–H groups in total. The molecule has 2 rings (SSSR count). The van der Waals surface area contributed by atoms with Gasteiger partial charge in [0.1, 0.15) is 0 Å². The topological polar surface area (TPSA) is 98.5 Å². The Morgan fingerprint density at radius 2 is 1.96 bits per heavy atom. The number of amides is 1. The summed E-state index contributed by atoms with van der Waals surface area (Å²) < 4.78 is 5.01. The third-order valence-corrected chi connectivity index (χ3v) is 3.48. The van der Waals surface area contributed by atoms with Gasteiger partial charge >= 0.3 is 5.97 Å². The van der Waals surface area contributed by atoms with Crippen LogP contribution in [0.3, 0.4) is 0 Å². The van der Waals surface area contributed by atoms with E-state index >= 15 is 0 Å². The molecule has 1 atom stereocenters. The summed E-state index contributed by atoms with van der Waals surface area (Å²) in [6.45, 7) is 1.43. The zero-order chi connectivity index (χ0) is 19.1. The molecular weight excluding hydrogens is 360 g/mol. The van der Waals surface area contributed by atoms with E-state index in [9.17, 15) is 19.7 Å². The fourth-order valence-corrected chi connectivity index (χ4v) is 2.17. The number of carbonyl (C=O) groups excluding carboxylic acids is 2. The van der Waals surface area contributed by atoms with Crippen molar-refractivity contribution in [3.63, 3.8) is 0 Å². The van der Waals surface area contributed by atoms with Gasteiger partial charge in [0.2, 0.25) is 0 Å². The molecule has 0 heterocycles. The molecule has 0 saturated heterocycles. The van der Waals surface area contributed by atoms with E-state index in [0.29, 0.717) is 16.3 Å². The summed E-state index contributed by atoms with van der Waals surface area (Å²) >= 11 is 5.83. The highest BCUT2D eigenvalue weighted by Gasteiger charge is 2.16. The SMILES string of the molecule is CC(OC(=O)/C=C/c1cccc([N+](=O)[O-])c1)C(=O)Nc1cccc(Cl)c1. The molecule has 8 heteroatoms. The number of ether oxygens (including phenoxy) is 1. The zero-order valence-corrected chi connectivity index (χ0v) is 14.5. The number of nitrogens with one attached hydrogen (secondary N) is 1. The van der Waals surface area contributed by atoms with E-state index in [0.717, 1.165) is 6.08 Å². The number of benzene rings is 2. The quantitative estimate of drug-likeness (QED) is 0.358. The summed E-state index contributed by atoms with van der Waals surface area (Å²) in [7, 11) is 0. The van der Waals surface area contributed by atoms with Crippen molar-refractivity contribution in [2.24, 2.45) is 0 Å². The summed E-state index contributed by atoms with van der Waals surface area (Å²) in [5.74, 6) is -1.25. The molecule has 0 radical (unpaired) electrons. The fourth-order valence-electron chi connectivity index (χ4n) is 1.98. The lowest BCUT2D eigenvalue weighted by molar-refractivity contribution is -0.384. The zero-order valence-electron chi connectivity index (χ0n) is 13.7. The van der Waals surface area contributed by atoms with E-state index in [1.807, 2.05) is 0 Å². The van der Waals surface area contributed by atoms with Crippen molar-refractivity contribution in [3.8, 4) is 0 Å². The number of hydrogen-bond acceptors (Lipinski definition) is 5. The predicted molar refractivity (Wildman–Crippen MR) is 97.8 cm³/mol. The van der Waals surface area contributed by atoms with Crippen LogP contribution in [0.5, 0.6) is 0 Å². The molecule has 7 nitrogen and oxygen atoms in total. The Hall–Kier alpha value is -3.19. The van der Waals surface area contributed by atoms with E-state index in [-0.39, 0.29) is 5.69 Å². The van der Waals surface area contributed by atoms with E-state index in [2.05, 4.69) is 5.32 Å². The number of nitro benzene ring substituents is 1. The normalized spacial score (nSPS) is 11.8. The Balaban J connectivity index is 1.93. The maximum absolute atomic E-state index is 12.0. The maximum atomic E-state index is 12.0. The van der Waals surface area contributed by atoms with Crippen LogP contribution in [-0.2, 0) is 14.3 Å². The molecule has 0 aromatic heterocycles. The molecule has 0 bridgehead atoms. The third kappa shape index (κ3) is 5.71. The van der Waals surface area contributed by atoms with Crippen LogP contribution in [0.15, 0.2) is 54.6 Å². The number of esters is 1. The van der Waals surface area contributed by atoms with Crippen LogP contribution in [0.1, 0.15) is 12.5 Å². The molecule has 0 spiro atoms. The Morgan fingerprint density at radius 1 is 1.23 bits per heavy atom. The first-order valence-corrected chi connectivity index (χ1v) is 7.92. The van der Waals surface area contributed by atoms with Crippen molar-refractivity contribution >= 4 is 40.9 Å². The van der Waals surface area contributed by atoms with Crippen LogP contribution in [0.25, 0.3) is 6.08 Å². The highest BCUT2D eigenvalue weighted by molar-refractivity contribution is 6.30. The Morgan fingerprint density at radius 3 is 2.65 bits per heavy atom. The van der Waals surface area contributed by atoms with Gasteiger partial charge < -0.3 is 10.1 Å². The molecule has 0 saturated carbocycles. The van der Waals surface area contributed by atoms with Gasteiger partial charge in [-0.15, -0.1) is 0 Å². The average molecular weight is 375 g/mol.